The average Bonchev–Trinajstić information content (AvgIpc) is 2.97. The number of methoxy groups -OCH3 is 1. The summed E-state index contributed by atoms with van der Waals surface area (Å²) < 4.78 is 7.11. The number of pyridine rings is 1. The summed E-state index contributed by atoms with van der Waals surface area (Å²) >= 11 is 0. The minimum Gasteiger partial charge on any atom is -0.495 e. The second kappa shape index (κ2) is 6.13. The lowest BCUT2D eigenvalue weighted by atomic mass is 10.3. The number of anilines is 1. The third-order valence-electron chi connectivity index (χ3n) is 3.22. The van der Waals surface area contributed by atoms with E-state index in [4.69, 9.17) is 4.74 Å². The van der Waals surface area contributed by atoms with Crippen LogP contribution in [0.5, 0.6) is 5.75 Å². The quantitative estimate of drug-likeness (QED) is 0.752. The maximum absolute atomic E-state index is 12.0. The number of fused-ring (bicyclic) bond motifs is 1. The van der Waals surface area contributed by atoms with Gasteiger partial charge in [-0.2, -0.15) is 0 Å². The average molecular weight is 293 g/mol. The molecule has 0 aliphatic rings. The molecule has 0 fully saturated rings. The van der Waals surface area contributed by atoms with Crippen LogP contribution in [0.15, 0.2) is 60.9 Å². The Morgan fingerprint density at radius 2 is 2.05 bits per heavy atom. The molecule has 2 aromatic heterocycles. The van der Waals surface area contributed by atoms with Crippen molar-refractivity contribution >= 4 is 23.3 Å². The standard InChI is InChI=1S/C17H15N3O2/c1-22-15-7-3-2-6-14(15)19-17(21)10-9-13-12-18-16-8-4-5-11-20(13)16/h2-12H,1H3,(H,19,21)/b10-9+. The van der Waals surface area contributed by atoms with Crippen molar-refractivity contribution in [1.82, 2.24) is 9.38 Å². The van der Waals surface area contributed by atoms with E-state index in [0.29, 0.717) is 11.4 Å². The molecule has 0 bridgehead atoms. The summed E-state index contributed by atoms with van der Waals surface area (Å²) in [5, 5.41) is 2.79. The van der Waals surface area contributed by atoms with E-state index in [1.165, 1.54) is 6.08 Å². The number of hydrogen-bond acceptors (Lipinski definition) is 3. The lowest BCUT2D eigenvalue weighted by Gasteiger charge is -2.07. The predicted octanol–water partition coefficient (Wildman–Crippen LogP) is 2.99. The number of aromatic nitrogens is 2. The lowest BCUT2D eigenvalue weighted by Crippen LogP contribution is -2.08. The van der Waals surface area contributed by atoms with Crippen molar-refractivity contribution in [2.75, 3.05) is 12.4 Å². The van der Waals surface area contributed by atoms with Crippen LogP contribution in [-0.4, -0.2) is 22.4 Å². The Labute approximate surface area is 127 Å². The number of hydrogen-bond donors (Lipinski definition) is 1. The van der Waals surface area contributed by atoms with Crippen LogP contribution in [0.3, 0.4) is 0 Å². The molecule has 110 valence electrons. The molecule has 3 aromatic rings. The second-order valence-corrected chi connectivity index (χ2v) is 4.63. The van der Waals surface area contributed by atoms with Crippen LogP contribution in [-0.2, 0) is 4.79 Å². The highest BCUT2D eigenvalue weighted by atomic mass is 16.5. The Hall–Kier alpha value is -3.08. The zero-order chi connectivity index (χ0) is 15.4. The number of nitrogens with one attached hydrogen (secondary N) is 1. The number of carbonyl (C=O) groups excluding carboxylic acids is 1. The minimum absolute atomic E-state index is 0.226. The fourth-order valence-electron chi connectivity index (χ4n) is 2.16. The molecule has 0 saturated carbocycles. The van der Waals surface area contributed by atoms with Gasteiger partial charge in [0.2, 0.25) is 5.91 Å². The van der Waals surface area contributed by atoms with Gasteiger partial charge in [-0.25, -0.2) is 4.98 Å². The molecular weight excluding hydrogens is 278 g/mol. The zero-order valence-corrected chi connectivity index (χ0v) is 12.1. The van der Waals surface area contributed by atoms with Crippen molar-refractivity contribution in [1.29, 1.82) is 0 Å². The van der Waals surface area contributed by atoms with Crippen molar-refractivity contribution in [2.24, 2.45) is 0 Å². The predicted molar refractivity (Wildman–Crippen MR) is 85.8 cm³/mol. The molecule has 0 unspecified atom stereocenters. The van der Waals surface area contributed by atoms with Gasteiger partial charge in [-0.3, -0.25) is 4.79 Å². The molecule has 1 aromatic carbocycles. The Kier molecular flexibility index (Phi) is 3.87. The number of carbonyl (C=O) groups is 1. The number of amides is 1. The van der Waals surface area contributed by atoms with Crippen LogP contribution < -0.4 is 10.1 Å². The molecule has 2 heterocycles. The van der Waals surface area contributed by atoms with Crippen molar-refractivity contribution < 1.29 is 9.53 Å². The van der Waals surface area contributed by atoms with Gasteiger partial charge < -0.3 is 14.5 Å². The van der Waals surface area contributed by atoms with Gasteiger partial charge in [0.25, 0.3) is 0 Å². The first-order valence-corrected chi connectivity index (χ1v) is 6.82. The van der Waals surface area contributed by atoms with Crippen molar-refractivity contribution in [3.63, 3.8) is 0 Å². The van der Waals surface area contributed by atoms with Gasteiger partial charge in [0.05, 0.1) is 24.7 Å². The summed E-state index contributed by atoms with van der Waals surface area (Å²) in [7, 11) is 1.57. The summed E-state index contributed by atoms with van der Waals surface area (Å²) in [6.07, 6.45) is 6.83. The number of nitrogens with zero attached hydrogens (tertiary/aromatic N) is 2. The molecule has 0 aliphatic heterocycles. The first-order chi connectivity index (χ1) is 10.8. The minimum atomic E-state index is -0.226. The number of ether oxygens (including phenoxy) is 1. The molecule has 0 saturated heterocycles. The van der Waals surface area contributed by atoms with Gasteiger partial charge in [0.15, 0.2) is 0 Å². The molecule has 0 radical (unpaired) electrons. The highest BCUT2D eigenvalue weighted by Crippen LogP contribution is 2.22. The van der Waals surface area contributed by atoms with Crippen LogP contribution in [0.1, 0.15) is 5.69 Å². The Morgan fingerprint density at radius 3 is 2.91 bits per heavy atom. The smallest absolute Gasteiger partial charge is 0.248 e. The van der Waals surface area contributed by atoms with Gasteiger partial charge in [-0.1, -0.05) is 18.2 Å². The molecule has 3 rings (SSSR count). The van der Waals surface area contributed by atoms with Crippen LogP contribution in [0.4, 0.5) is 5.69 Å². The van der Waals surface area contributed by atoms with Gasteiger partial charge in [0.1, 0.15) is 11.4 Å². The normalized spacial score (nSPS) is 11.0. The first kappa shape index (κ1) is 13.9. The van der Waals surface area contributed by atoms with E-state index in [2.05, 4.69) is 10.3 Å². The van der Waals surface area contributed by atoms with Crippen LogP contribution in [0.25, 0.3) is 11.7 Å². The van der Waals surface area contributed by atoms with Gasteiger partial charge in [0, 0.05) is 12.3 Å². The molecule has 0 atom stereocenters. The fraction of sp³-hybridized carbons (Fsp3) is 0.0588. The number of rotatable bonds is 4. The van der Waals surface area contributed by atoms with Gasteiger partial charge >= 0.3 is 0 Å². The maximum atomic E-state index is 12.0. The zero-order valence-electron chi connectivity index (χ0n) is 12.1. The monoisotopic (exact) mass is 293 g/mol. The van der Waals surface area contributed by atoms with E-state index in [1.54, 1.807) is 31.5 Å². The largest absolute Gasteiger partial charge is 0.495 e. The van der Waals surface area contributed by atoms with Crippen LogP contribution in [0.2, 0.25) is 0 Å². The van der Waals surface area contributed by atoms with Crippen LogP contribution in [0, 0.1) is 0 Å². The Bertz CT molecular complexity index is 837. The molecule has 0 spiro atoms. The Balaban J connectivity index is 1.76. The molecule has 1 N–H and O–H groups in total. The number of benzene rings is 1. The molecular formula is C17H15N3O2. The third kappa shape index (κ3) is 2.83. The lowest BCUT2D eigenvalue weighted by molar-refractivity contribution is -0.111. The SMILES string of the molecule is COc1ccccc1NC(=O)/C=C/c1cnc2ccccn12. The van der Waals surface area contributed by atoms with Gasteiger partial charge in [-0.05, 0) is 30.3 Å². The molecule has 22 heavy (non-hydrogen) atoms. The van der Waals surface area contributed by atoms with Crippen molar-refractivity contribution in [3.8, 4) is 5.75 Å². The highest BCUT2D eigenvalue weighted by molar-refractivity contribution is 6.02. The molecule has 5 nitrogen and oxygen atoms in total. The third-order valence-corrected chi connectivity index (χ3v) is 3.22. The number of para-hydroxylation sites is 2. The van der Waals surface area contributed by atoms with E-state index in [9.17, 15) is 4.79 Å². The summed E-state index contributed by atoms with van der Waals surface area (Å²) in [6, 6.07) is 13.0. The molecule has 0 aliphatic carbocycles. The summed E-state index contributed by atoms with van der Waals surface area (Å²) in [6.45, 7) is 0. The van der Waals surface area contributed by atoms with E-state index in [1.807, 2.05) is 40.9 Å². The van der Waals surface area contributed by atoms with Crippen molar-refractivity contribution in [2.45, 2.75) is 0 Å². The van der Waals surface area contributed by atoms with Gasteiger partial charge in [-0.15, -0.1) is 0 Å². The summed E-state index contributed by atoms with van der Waals surface area (Å²) in [5.41, 5.74) is 2.32. The maximum Gasteiger partial charge on any atom is 0.248 e. The van der Waals surface area contributed by atoms with E-state index in [0.717, 1.165) is 11.3 Å². The summed E-state index contributed by atoms with van der Waals surface area (Å²) in [5.74, 6) is 0.398. The number of imidazole rings is 1. The first-order valence-electron chi connectivity index (χ1n) is 6.82. The highest BCUT2D eigenvalue weighted by Gasteiger charge is 2.04. The van der Waals surface area contributed by atoms with E-state index < -0.39 is 0 Å². The van der Waals surface area contributed by atoms with Crippen molar-refractivity contribution in [3.05, 3.63) is 66.6 Å². The summed E-state index contributed by atoms with van der Waals surface area (Å²) in [4.78, 5) is 16.3. The van der Waals surface area contributed by atoms with Crippen LogP contribution >= 0.6 is 0 Å². The molecule has 5 heteroatoms. The van der Waals surface area contributed by atoms with E-state index in [-0.39, 0.29) is 5.91 Å². The second-order valence-electron chi connectivity index (χ2n) is 4.63. The fourth-order valence-corrected chi connectivity index (χ4v) is 2.16. The topological polar surface area (TPSA) is 55.6 Å². The Morgan fingerprint density at radius 1 is 1.23 bits per heavy atom. The van der Waals surface area contributed by atoms with E-state index >= 15 is 0 Å². The molecule has 1 amide bonds.